The maximum absolute atomic E-state index is 13.3. The topological polar surface area (TPSA) is 77.1 Å². The molecule has 0 fully saturated rings. The molecule has 1 atom stereocenters. The van der Waals surface area contributed by atoms with E-state index in [9.17, 15) is 9.59 Å². The Balaban J connectivity index is 1.88. The summed E-state index contributed by atoms with van der Waals surface area (Å²) in [5.41, 5.74) is 2.11. The molecule has 0 aliphatic carbocycles. The number of ether oxygens (including phenoxy) is 3. The van der Waals surface area contributed by atoms with Crippen LogP contribution in [0.2, 0.25) is 0 Å². The molecule has 7 heteroatoms. The number of fused-ring (bicyclic) bond motifs is 1. The zero-order valence-corrected chi connectivity index (χ0v) is 18.0. The lowest BCUT2D eigenvalue weighted by atomic mass is 10.0. The molecule has 2 amide bonds. The van der Waals surface area contributed by atoms with Gasteiger partial charge >= 0.3 is 0 Å². The van der Waals surface area contributed by atoms with Crippen molar-refractivity contribution in [2.24, 2.45) is 5.92 Å². The van der Waals surface area contributed by atoms with Crippen molar-refractivity contribution >= 4 is 17.5 Å². The van der Waals surface area contributed by atoms with Crippen molar-refractivity contribution in [3.63, 3.8) is 0 Å². The highest BCUT2D eigenvalue weighted by Gasteiger charge is 2.36. The van der Waals surface area contributed by atoms with Crippen molar-refractivity contribution < 1.29 is 23.8 Å². The lowest BCUT2D eigenvalue weighted by Crippen LogP contribution is -2.45. The second-order valence-electron chi connectivity index (χ2n) is 7.64. The van der Waals surface area contributed by atoms with Crippen LogP contribution in [0.4, 0.5) is 5.69 Å². The third-order valence-corrected chi connectivity index (χ3v) is 5.16. The number of benzene rings is 2. The van der Waals surface area contributed by atoms with E-state index in [1.54, 1.807) is 23.1 Å². The van der Waals surface area contributed by atoms with Gasteiger partial charge in [-0.15, -0.1) is 0 Å². The number of carbonyl (C=O) groups is 2. The van der Waals surface area contributed by atoms with Gasteiger partial charge in [0.2, 0.25) is 11.7 Å². The van der Waals surface area contributed by atoms with Gasteiger partial charge in [0.05, 0.1) is 21.3 Å². The third-order valence-electron chi connectivity index (χ3n) is 5.16. The molecule has 0 radical (unpaired) electrons. The van der Waals surface area contributed by atoms with Gasteiger partial charge in [0.15, 0.2) is 11.5 Å². The largest absolute Gasteiger partial charge is 0.493 e. The highest BCUT2D eigenvalue weighted by Crippen LogP contribution is 2.40. The minimum absolute atomic E-state index is 0.115. The molecule has 1 aliphatic rings. The number of amides is 2. The summed E-state index contributed by atoms with van der Waals surface area (Å²) in [5.74, 6) is 1.20. The van der Waals surface area contributed by atoms with E-state index in [1.165, 1.54) is 21.3 Å². The summed E-state index contributed by atoms with van der Waals surface area (Å²) in [7, 11) is 4.56. The lowest BCUT2D eigenvalue weighted by molar-refractivity contribution is -0.121. The summed E-state index contributed by atoms with van der Waals surface area (Å²) in [6, 6.07) is 10.2. The Labute approximate surface area is 176 Å². The Morgan fingerprint density at radius 2 is 1.70 bits per heavy atom. The SMILES string of the molecule is COc1cc(NC(=O)C(CC(C)C)N2Cc3ccccc3C2=O)cc(OC)c1OC. The first-order chi connectivity index (χ1) is 14.4. The number of hydrogen-bond acceptors (Lipinski definition) is 5. The van der Waals surface area contributed by atoms with Crippen LogP contribution < -0.4 is 19.5 Å². The van der Waals surface area contributed by atoms with E-state index >= 15 is 0 Å². The summed E-state index contributed by atoms with van der Waals surface area (Å²) in [6.45, 7) is 4.50. The van der Waals surface area contributed by atoms with Gasteiger partial charge in [0.1, 0.15) is 6.04 Å². The summed E-state index contributed by atoms with van der Waals surface area (Å²) >= 11 is 0. The monoisotopic (exact) mass is 412 g/mol. The van der Waals surface area contributed by atoms with Crippen molar-refractivity contribution in [2.45, 2.75) is 32.9 Å². The standard InChI is InChI=1S/C23H28N2O5/c1-14(2)10-18(25-13-15-8-6-7-9-17(15)23(25)27)22(26)24-16-11-19(28-3)21(30-5)20(12-16)29-4/h6-9,11-12,14,18H,10,13H2,1-5H3,(H,24,26). The highest BCUT2D eigenvalue weighted by molar-refractivity contribution is 6.03. The van der Waals surface area contributed by atoms with E-state index in [2.05, 4.69) is 5.32 Å². The summed E-state index contributed by atoms with van der Waals surface area (Å²) in [4.78, 5) is 27.9. The summed E-state index contributed by atoms with van der Waals surface area (Å²) in [5, 5.41) is 2.92. The Hall–Kier alpha value is -3.22. The Morgan fingerprint density at radius 1 is 1.07 bits per heavy atom. The number of carbonyl (C=O) groups excluding carboxylic acids is 2. The number of nitrogens with one attached hydrogen (secondary N) is 1. The van der Waals surface area contributed by atoms with Gasteiger partial charge in [-0.2, -0.15) is 0 Å². The van der Waals surface area contributed by atoms with Gasteiger partial charge in [0.25, 0.3) is 5.91 Å². The smallest absolute Gasteiger partial charge is 0.255 e. The van der Waals surface area contributed by atoms with E-state index in [0.29, 0.717) is 41.5 Å². The summed E-state index contributed by atoms with van der Waals surface area (Å²) in [6.07, 6.45) is 0.552. The molecule has 1 aliphatic heterocycles. The molecule has 0 bridgehead atoms. The average Bonchev–Trinajstić information content (AvgIpc) is 3.07. The number of anilines is 1. The molecule has 160 valence electrons. The third kappa shape index (κ3) is 4.20. The predicted molar refractivity (Wildman–Crippen MR) is 114 cm³/mol. The van der Waals surface area contributed by atoms with Crippen LogP contribution in [0.5, 0.6) is 17.2 Å². The zero-order valence-electron chi connectivity index (χ0n) is 18.0. The fourth-order valence-corrected chi connectivity index (χ4v) is 3.73. The molecule has 2 aromatic rings. The van der Waals surface area contributed by atoms with Crippen LogP contribution in [-0.4, -0.2) is 44.1 Å². The quantitative estimate of drug-likeness (QED) is 0.715. The van der Waals surface area contributed by atoms with E-state index in [4.69, 9.17) is 14.2 Å². The van der Waals surface area contributed by atoms with Crippen molar-refractivity contribution in [2.75, 3.05) is 26.6 Å². The molecule has 30 heavy (non-hydrogen) atoms. The summed E-state index contributed by atoms with van der Waals surface area (Å²) < 4.78 is 16.1. The first-order valence-corrected chi connectivity index (χ1v) is 9.89. The second kappa shape index (κ2) is 9.07. The zero-order chi connectivity index (χ0) is 21.8. The van der Waals surface area contributed by atoms with Gasteiger partial charge in [-0.25, -0.2) is 0 Å². The minimum atomic E-state index is -0.594. The van der Waals surface area contributed by atoms with E-state index in [-0.39, 0.29) is 17.7 Å². The van der Waals surface area contributed by atoms with Crippen LogP contribution in [0.3, 0.4) is 0 Å². The molecule has 1 N–H and O–H groups in total. The van der Waals surface area contributed by atoms with Crippen molar-refractivity contribution in [3.05, 3.63) is 47.5 Å². The molecule has 3 rings (SSSR count). The first-order valence-electron chi connectivity index (χ1n) is 9.89. The molecule has 7 nitrogen and oxygen atoms in total. The van der Waals surface area contributed by atoms with Crippen LogP contribution in [0.15, 0.2) is 36.4 Å². The van der Waals surface area contributed by atoms with E-state index in [1.807, 2.05) is 32.0 Å². The molecular formula is C23H28N2O5. The fraction of sp³-hybridized carbons (Fsp3) is 0.391. The van der Waals surface area contributed by atoms with Crippen LogP contribution in [0, 0.1) is 5.92 Å². The Morgan fingerprint density at radius 3 is 2.23 bits per heavy atom. The predicted octanol–water partition coefficient (Wildman–Crippen LogP) is 3.72. The molecule has 0 saturated carbocycles. The fourth-order valence-electron chi connectivity index (χ4n) is 3.73. The van der Waals surface area contributed by atoms with Gasteiger partial charge in [-0.1, -0.05) is 32.0 Å². The number of nitrogens with zero attached hydrogens (tertiary/aromatic N) is 1. The molecule has 0 saturated heterocycles. The number of hydrogen-bond donors (Lipinski definition) is 1. The highest BCUT2D eigenvalue weighted by atomic mass is 16.5. The molecule has 1 unspecified atom stereocenters. The van der Waals surface area contributed by atoms with E-state index < -0.39 is 6.04 Å². The van der Waals surface area contributed by atoms with Crippen molar-refractivity contribution in [1.82, 2.24) is 4.90 Å². The lowest BCUT2D eigenvalue weighted by Gasteiger charge is -2.28. The molecular weight excluding hydrogens is 384 g/mol. The first kappa shape index (κ1) is 21.5. The van der Waals surface area contributed by atoms with E-state index in [0.717, 1.165) is 5.56 Å². The van der Waals surface area contributed by atoms with Gasteiger partial charge in [0, 0.05) is 29.9 Å². The van der Waals surface area contributed by atoms with Crippen LogP contribution >= 0.6 is 0 Å². The average molecular weight is 412 g/mol. The molecule has 2 aromatic carbocycles. The maximum atomic E-state index is 13.3. The molecule has 0 spiro atoms. The maximum Gasteiger partial charge on any atom is 0.255 e. The van der Waals surface area contributed by atoms with Crippen LogP contribution in [-0.2, 0) is 11.3 Å². The Kier molecular flexibility index (Phi) is 6.50. The number of rotatable bonds is 8. The Bertz CT molecular complexity index is 916. The molecule has 0 aromatic heterocycles. The van der Waals surface area contributed by atoms with Crippen molar-refractivity contribution in [1.29, 1.82) is 0 Å². The van der Waals surface area contributed by atoms with Gasteiger partial charge in [-0.05, 0) is 24.0 Å². The van der Waals surface area contributed by atoms with Gasteiger partial charge < -0.3 is 24.4 Å². The molecule has 1 heterocycles. The number of methoxy groups -OCH3 is 3. The second-order valence-corrected chi connectivity index (χ2v) is 7.64. The van der Waals surface area contributed by atoms with Crippen LogP contribution in [0.25, 0.3) is 0 Å². The van der Waals surface area contributed by atoms with Crippen molar-refractivity contribution in [3.8, 4) is 17.2 Å². The minimum Gasteiger partial charge on any atom is -0.493 e. The van der Waals surface area contributed by atoms with Gasteiger partial charge in [-0.3, -0.25) is 9.59 Å². The normalized spacial score (nSPS) is 13.8. The van der Waals surface area contributed by atoms with Crippen LogP contribution in [0.1, 0.15) is 36.2 Å².